The lowest BCUT2D eigenvalue weighted by Crippen LogP contribution is -2.47. The lowest BCUT2D eigenvalue weighted by Gasteiger charge is -2.39. The molecule has 2 atom stereocenters. The first-order valence-electron chi connectivity index (χ1n) is 7.37. The van der Waals surface area contributed by atoms with E-state index in [0.717, 1.165) is 25.7 Å². The fourth-order valence-corrected chi connectivity index (χ4v) is 3.00. The van der Waals surface area contributed by atoms with Crippen molar-refractivity contribution in [2.75, 3.05) is 6.61 Å². The minimum Gasteiger partial charge on any atom is -0.465 e. The van der Waals surface area contributed by atoms with Crippen LogP contribution in [0.1, 0.15) is 53.4 Å². The van der Waals surface area contributed by atoms with Gasteiger partial charge < -0.3 is 15.6 Å². The lowest BCUT2D eigenvalue weighted by atomic mass is 9.68. The molecule has 0 heterocycles. The number of nitrogens with two attached hydrogens (primary N) is 1. The number of aliphatic hydroxyl groups excluding tert-OH is 1. The standard InChI is InChI=1S/C15H29NO3/c1-5-19-14(18)12(16)13(17)10-6-8-11(9-7-10)15(2,3)4/h10-13,17H,5-9,16H2,1-4H3. The summed E-state index contributed by atoms with van der Waals surface area (Å²) in [7, 11) is 0. The van der Waals surface area contributed by atoms with Gasteiger partial charge >= 0.3 is 5.97 Å². The van der Waals surface area contributed by atoms with Gasteiger partial charge in [-0.05, 0) is 49.9 Å². The second-order valence-corrected chi connectivity index (χ2v) is 6.75. The summed E-state index contributed by atoms with van der Waals surface area (Å²) in [5.41, 5.74) is 6.09. The maximum absolute atomic E-state index is 11.5. The van der Waals surface area contributed by atoms with Crippen LogP contribution in [-0.2, 0) is 9.53 Å². The van der Waals surface area contributed by atoms with E-state index >= 15 is 0 Å². The number of aliphatic hydroxyl groups is 1. The highest BCUT2D eigenvalue weighted by Crippen LogP contribution is 2.40. The van der Waals surface area contributed by atoms with Gasteiger partial charge in [-0.1, -0.05) is 20.8 Å². The van der Waals surface area contributed by atoms with Crippen LogP contribution in [-0.4, -0.2) is 29.8 Å². The zero-order chi connectivity index (χ0) is 14.6. The lowest BCUT2D eigenvalue weighted by molar-refractivity contribution is -0.148. The van der Waals surface area contributed by atoms with Crippen LogP contribution < -0.4 is 5.73 Å². The van der Waals surface area contributed by atoms with Crippen molar-refractivity contribution in [1.82, 2.24) is 0 Å². The molecule has 2 unspecified atom stereocenters. The minimum absolute atomic E-state index is 0.123. The molecule has 0 aromatic carbocycles. The molecule has 0 radical (unpaired) electrons. The Morgan fingerprint density at radius 3 is 2.26 bits per heavy atom. The van der Waals surface area contributed by atoms with E-state index in [1.807, 2.05) is 0 Å². The Kier molecular flexibility index (Phi) is 5.81. The van der Waals surface area contributed by atoms with Crippen LogP contribution in [0.3, 0.4) is 0 Å². The quantitative estimate of drug-likeness (QED) is 0.768. The van der Waals surface area contributed by atoms with Crippen molar-refractivity contribution >= 4 is 5.97 Å². The minimum atomic E-state index is -0.906. The maximum atomic E-state index is 11.5. The molecule has 4 nitrogen and oxygen atoms in total. The first-order chi connectivity index (χ1) is 8.77. The Bertz CT molecular complexity index is 290. The summed E-state index contributed by atoms with van der Waals surface area (Å²) in [6.45, 7) is 8.83. The maximum Gasteiger partial charge on any atom is 0.325 e. The van der Waals surface area contributed by atoms with E-state index in [4.69, 9.17) is 10.5 Å². The number of carbonyl (C=O) groups excluding carboxylic acids is 1. The Morgan fingerprint density at radius 2 is 1.84 bits per heavy atom. The Balaban J connectivity index is 2.48. The predicted molar refractivity (Wildman–Crippen MR) is 75.5 cm³/mol. The van der Waals surface area contributed by atoms with Gasteiger partial charge in [0.15, 0.2) is 0 Å². The SMILES string of the molecule is CCOC(=O)C(N)C(O)C1CCC(C(C)(C)C)CC1. The normalized spacial score (nSPS) is 27.7. The first-order valence-corrected chi connectivity index (χ1v) is 7.37. The molecule has 112 valence electrons. The largest absolute Gasteiger partial charge is 0.465 e. The van der Waals surface area contributed by atoms with E-state index in [0.29, 0.717) is 17.9 Å². The molecule has 19 heavy (non-hydrogen) atoms. The van der Waals surface area contributed by atoms with Crippen LogP contribution in [0, 0.1) is 17.3 Å². The van der Waals surface area contributed by atoms with E-state index in [9.17, 15) is 9.90 Å². The van der Waals surface area contributed by atoms with Crippen LogP contribution in [0.5, 0.6) is 0 Å². The van der Waals surface area contributed by atoms with Gasteiger partial charge in [-0.3, -0.25) is 4.79 Å². The first kappa shape index (κ1) is 16.4. The highest BCUT2D eigenvalue weighted by molar-refractivity contribution is 5.76. The summed E-state index contributed by atoms with van der Waals surface area (Å²) in [4.78, 5) is 11.5. The van der Waals surface area contributed by atoms with Crippen molar-refractivity contribution in [2.24, 2.45) is 23.0 Å². The van der Waals surface area contributed by atoms with E-state index in [-0.39, 0.29) is 5.92 Å². The molecule has 0 bridgehead atoms. The van der Waals surface area contributed by atoms with Crippen molar-refractivity contribution in [3.63, 3.8) is 0 Å². The Labute approximate surface area is 116 Å². The van der Waals surface area contributed by atoms with Crippen molar-refractivity contribution in [3.05, 3.63) is 0 Å². The van der Waals surface area contributed by atoms with Gasteiger partial charge in [0.25, 0.3) is 0 Å². The van der Waals surface area contributed by atoms with Crippen molar-refractivity contribution in [3.8, 4) is 0 Å². The molecule has 3 N–H and O–H groups in total. The molecule has 1 saturated carbocycles. The van der Waals surface area contributed by atoms with Gasteiger partial charge in [-0.25, -0.2) is 0 Å². The fraction of sp³-hybridized carbons (Fsp3) is 0.933. The summed E-state index contributed by atoms with van der Waals surface area (Å²) in [5, 5.41) is 10.2. The number of hydrogen-bond donors (Lipinski definition) is 2. The van der Waals surface area contributed by atoms with Crippen molar-refractivity contribution in [2.45, 2.75) is 65.5 Å². The summed E-state index contributed by atoms with van der Waals surface area (Å²) in [6.07, 6.45) is 3.30. The second-order valence-electron chi connectivity index (χ2n) is 6.75. The van der Waals surface area contributed by atoms with Crippen LogP contribution in [0.2, 0.25) is 0 Å². The zero-order valence-electron chi connectivity index (χ0n) is 12.7. The molecule has 1 rings (SSSR count). The molecule has 1 fully saturated rings. The number of rotatable bonds is 4. The third-order valence-corrected chi connectivity index (χ3v) is 4.41. The number of carbonyl (C=O) groups is 1. The van der Waals surface area contributed by atoms with Crippen molar-refractivity contribution < 1.29 is 14.6 Å². The summed E-state index contributed by atoms with van der Waals surface area (Å²) in [5.74, 6) is 0.320. The highest BCUT2D eigenvalue weighted by Gasteiger charge is 2.36. The molecule has 0 spiro atoms. The average molecular weight is 271 g/mol. The summed E-state index contributed by atoms with van der Waals surface area (Å²) >= 11 is 0. The monoisotopic (exact) mass is 271 g/mol. The Hall–Kier alpha value is -0.610. The van der Waals surface area contributed by atoms with Crippen molar-refractivity contribution in [1.29, 1.82) is 0 Å². The van der Waals surface area contributed by atoms with Gasteiger partial charge in [0.05, 0.1) is 12.7 Å². The molecule has 1 aliphatic carbocycles. The van der Waals surface area contributed by atoms with Gasteiger partial charge in [0.1, 0.15) is 6.04 Å². The van der Waals surface area contributed by atoms with Gasteiger partial charge in [0.2, 0.25) is 0 Å². The molecular formula is C15H29NO3. The smallest absolute Gasteiger partial charge is 0.325 e. The van der Waals surface area contributed by atoms with Crippen LogP contribution in [0.4, 0.5) is 0 Å². The third kappa shape index (κ3) is 4.46. The molecule has 0 saturated heterocycles. The Morgan fingerprint density at radius 1 is 1.32 bits per heavy atom. The zero-order valence-corrected chi connectivity index (χ0v) is 12.7. The molecule has 0 aromatic rings. The molecule has 4 heteroatoms. The average Bonchev–Trinajstić information content (AvgIpc) is 2.36. The number of esters is 1. The topological polar surface area (TPSA) is 72.5 Å². The second kappa shape index (κ2) is 6.71. The summed E-state index contributed by atoms with van der Waals surface area (Å²) < 4.78 is 4.87. The van der Waals surface area contributed by atoms with Crippen LogP contribution in [0.25, 0.3) is 0 Å². The number of ether oxygens (including phenoxy) is 1. The molecule has 0 aromatic heterocycles. The molecule has 1 aliphatic rings. The fourth-order valence-electron chi connectivity index (χ4n) is 3.00. The van der Waals surface area contributed by atoms with Gasteiger partial charge in [-0.15, -0.1) is 0 Å². The molecule has 0 aliphatic heterocycles. The molecule has 0 amide bonds. The van der Waals surface area contributed by atoms with E-state index < -0.39 is 18.1 Å². The summed E-state index contributed by atoms with van der Waals surface area (Å²) in [6, 6.07) is -0.906. The van der Waals surface area contributed by atoms with Gasteiger partial charge in [0, 0.05) is 0 Å². The van der Waals surface area contributed by atoms with E-state index in [2.05, 4.69) is 20.8 Å². The number of hydrogen-bond acceptors (Lipinski definition) is 4. The van der Waals surface area contributed by atoms with Crippen LogP contribution >= 0.6 is 0 Å². The van der Waals surface area contributed by atoms with E-state index in [1.54, 1.807) is 6.92 Å². The predicted octanol–water partition coefficient (Wildman–Crippen LogP) is 2.09. The van der Waals surface area contributed by atoms with E-state index in [1.165, 1.54) is 0 Å². The van der Waals surface area contributed by atoms with Crippen LogP contribution in [0.15, 0.2) is 0 Å². The third-order valence-electron chi connectivity index (χ3n) is 4.41. The van der Waals surface area contributed by atoms with Gasteiger partial charge in [-0.2, -0.15) is 0 Å². The highest BCUT2D eigenvalue weighted by atomic mass is 16.5. The molecular weight excluding hydrogens is 242 g/mol.